The van der Waals surface area contributed by atoms with Gasteiger partial charge in [0.2, 0.25) is 0 Å². The van der Waals surface area contributed by atoms with Crippen LogP contribution in [0.3, 0.4) is 0 Å². The van der Waals surface area contributed by atoms with Crippen LogP contribution in [-0.2, 0) is 6.54 Å². The first kappa shape index (κ1) is 17.9. The molecule has 2 aliphatic heterocycles. The lowest BCUT2D eigenvalue weighted by Crippen LogP contribution is -2.22. The molecule has 1 saturated heterocycles. The molecular formula is C27H23N5. The van der Waals surface area contributed by atoms with Gasteiger partial charge in [0.25, 0.3) is 0 Å². The second-order valence-electron chi connectivity index (χ2n) is 9.37. The molecule has 2 unspecified atom stereocenters. The van der Waals surface area contributed by atoms with Crippen LogP contribution in [0.15, 0.2) is 67.1 Å². The Kier molecular flexibility index (Phi) is 3.69. The van der Waals surface area contributed by atoms with Gasteiger partial charge in [-0.05, 0) is 72.2 Å². The summed E-state index contributed by atoms with van der Waals surface area (Å²) >= 11 is 0. The van der Waals surface area contributed by atoms with E-state index in [1.54, 1.807) is 0 Å². The van der Waals surface area contributed by atoms with Crippen LogP contribution < -0.4 is 4.90 Å². The first-order chi connectivity index (χ1) is 15.8. The summed E-state index contributed by atoms with van der Waals surface area (Å²) < 4.78 is 4.53. The van der Waals surface area contributed by atoms with Crippen LogP contribution in [0, 0.1) is 23.2 Å². The van der Waals surface area contributed by atoms with E-state index in [9.17, 15) is 0 Å². The van der Waals surface area contributed by atoms with E-state index in [2.05, 4.69) is 56.8 Å². The minimum Gasteiger partial charge on any atom is -0.371 e. The molecule has 0 N–H and O–H groups in total. The second-order valence-corrected chi connectivity index (χ2v) is 9.37. The van der Waals surface area contributed by atoms with Crippen LogP contribution in [0.5, 0.6) is 0 Å². The third kappa shape index (κ3) is 2.59. The summed E-state index contributed by atoms with van der Waals surface area (Å²) in [5.74, 6) is 2.77. The monoisotopic (exact) mass is 417 g/mol. The zero-order valence-electron chi connectivity index (χ0n) is 17.8. The molecule has 0 amide bonds. The van der Waals surface area contributed by atoms with E-state index in [4.69, 9.17) is 10.2 Å². The molecule has 2 aromatic heterocycles. The lowest BCUT2D eigenvalue weighted by Gasteiger charge is -2.27. The molecule has 5 heteroatoms. The van der Waals surface area contributed by atoms with Crippen molar-refractivity contribution in [1.82, 2.24) is 14.1 Å². The highest BCUT2D eigenvalue weighted by Gasteiger charge is 2.39. The fourth-order valence-corrected chi connectivity index (χ4v) is 5.70. The van der Waals surface area contributed by atoms with Gasteiger partial charge in [0.15, 0.2) is 5.82 Å². The highest BCUT2D eigenvalue weighted by Crippen LogP contribution is 2.43. The molecule has 0 bridgehead atoms. The standard InChI is InChI=1S/C27H23N5/c28-13-18-1-3-19(4-2-18)22-12-26-27-29-9-10-32(27)25-8-7-24(11-23(25)17-31(26)16-22)30-14-20-5-6-21(20)15-30/h1-4,7-12,16,20-21H,5-6,14-15,17H2. The molecule has 3 aliphatic rings. The van der Waals surface area contributed by atoms with Crippen molar-refractivity contribution in [2.75, 3.05) is 18.0 Å². The Balaban J connectivity index is 1.31. The van der Waals surface area contributed by atoms with E-state index < -0.39 is 0 Å². The summed E-state index contributed by atoms with van der Waals surface area (Å²) in [7, 11) is 0. The van der Waals surface area contributed by atoms with E-state index in [0.717, 1.165) is 41.0 Å². The van der Waals surface area contributed by atoms with Crippen molar-refractivity contribution in [3.8, 4) is 34.4 Å². The SMILES string of the molecule is N#Cc1ccc(-c2cc3n(c2)Cc2cc(N4CC5CCC5C4)ccc2-n2ccnc2-3)cc1. The number of benzene rings is 2. The zero-order valence-corrected chi connectivity index (χ0v) is 17.8. The molecule has 2 atom stereocenters. The number of hydrogen-bond donors (Lipinski definition) is 0. The first-order valence-corrected chi connectivity index (χ1v) is 11.4. The smallest absolute Gasteiger partial charge is 0.161 e. The van der Waals surface area contributed by atoms with E-state index in [0.29, 0.717) is 5.56 Å². The molecule has 0 radical (unpaired) electrons. The summed E-state index contributed by atoms with van der Waals surface area (Å²) in [4.78, 5) is 7.29. The number of anilines is 1. The maximum absolute atomic E-state index is 9.11. The van der Waals surface area contributed by atoms with Crippen LogP contribution in [0.2, 0.25) is 0 Å². The fourth-order valence-electron chi connectivity index (χ4n) is 5.70. The second kappa shape index (κ2) is 6.61. The third-order valence-electron chi connectivity index (χ3n) is 7.63. The van der Waals surface area contributed by atoms with Gasteiger partial charge in [-0.3, -0.25) is 4.57 Å². The third-order valence-corrected chi connectivity index (χ3v) is 7.63. The number of imidazole rings is 1. The first-order valence-electron chi connectivity index (χ1n) is 11.4. The summed E-state index contributed by atoms with van der Waals surface area (Å²) in [6, 6.07) is 19.2. The largest absolute Gasteiger partial charge is 0.371 e. The normalized spacial score (nSPS) is 20.4. The molecule has 32 heavy (non-hydrogen) atoms. The molecule has 2 aromatic carbocycles. The van der Waals surface area contributed by atoms with Crippen molar-refractivity contribution < 1.29 is 0 Å². The number of hydrogen-bond acceptors (Lipinski definition) is 3. The minimum absolute atomic E-state index is 0.682. The van der Waals surface area contributed by atoms with Crippen molar-refractivity contribution in [3.63, 3.8) is 0 Å². The van der Waals surface area contributed by atoms with Gasteiger partial charge in [0.1, 0.15) is 0 Å². The predicted molar refractivity (Wildman–Crippen MR) is 125 cm³/mol. The molecule has 0 spiro atoms. The lowest BCUT2D eigenvalue weighted by molar-refractivity contribution is 0.243. The quantitative estimate of drug-likeness (QED) is 0.402. The number of rotatable bonds is 2. The predicted octanol–water partition coefficient (Wildman–Crippen LogP) is 5.09. The van der Waals surface area contributed by atoms with Crippen molar-refractivity contribution in [3.05, 3.63) is 78.2 Å². The molecule has 2 fully saturated rings. The molecule has 4 heterocycles. The van der Waals surface area contributed by atoms with Crippen LogP contribution in [-0.4, -0.2) is 27.2 Å². The summed E-state index contributed by atoms with van der Waals surface area (Å²) in [6.07, 6.45) is 8.96. The van der Waals surface area contributed by atoms with Crippen molar-refractivity contribution >= 4 is 5.69 Å². The summed E-state index contributed by atoms with van der Waals surface area (Å²) in [5.41, 5.74) is 7.95. The maximum Gasteiger partial charge on any atom is 0.161 e. The van der Waals surface area contributed by atoms with Gasteiger partial charge in [-0.25, -0.2) is 4.98 Å². The van der Waals surface area contributed by atoms with Crippen LogP contribution in [0.25, 0.3) is 28.3 Å². The summed E-state index contributed by atoms with van der Waals surface area (Å²) in [6.45, 7) is 3.23. The summed E-state index contributed by atoms with van der Waals surface area (Å²) in [5, 5.41) is 9.11. The van der Waals surface area contributed by atoms with Gasteiger partial charge in [-0.15, -0.1) is 0 Å². The van der Waals surface area contributed by atoms with E-state index in [1.807, 2.05) is 30.5 Å². The van der Waals surface area contributed by atoms with Crippen LogP contribution in [0.4, 0.5) is 5.69 Å². The number of aromatic nitrogens is 3. The number of nitriles is 1. The van der Waals surface area contributed by atoms with E-state index >= 15 is 0 Å². The van der Waals surface area contributed by atoms with Crippen molar-refractivity contribution in [1.29, 1.82) is 5.26 Å². The zero-order chi connectivity index (χ0) is 21.2. The highest BCUT2D eigenvalue weighted by molar-refractivity contribution is 5.72. The lowest BCUT2D eigenvalue weighted by atomic mass is 9.77. The van der Waals surface area contributed by atoms with Crippen molar-refractivity contribution in [2.45, 2.75) is 19.4 Å². The number of nitrogens with zero attached hydrogens (tertiary/aromatic N) is 5. The molecule has 7 rings (SSSR count). The Morgan fingerprint density at radius 3 is 2.50 bits per heavy atom. The van der Waals surface area contributed by atoms with Crippen LogP contribution in [0.1, 0.15) is 24.0 Å². The van der Waals surface area contributed by atoms with Gasteiger partial charge in [-0.2, -0.15) is 5.26 Å². The van der Waals surface area contributed by atoms with Gasteiger partial charge in [0.05, 0.1) is 23.0 Å². The Morgan fingerprint density at radius 1 is 0.938 bits per heavy atom. The Labute approximate surface area is 187 Å². The van der Waals surface area contributed by atoms with Gasteiger partial charge < -0.3 is 9.47 Å². The average molecular weight is 418 g/mol. The van der Waals surface area contributed by atoms with E-state index in [1.165, 1.54) is 42.9 Å². The average Bonchev–Trinajstić information content (AvgIpc) is 3.50. The molecule has 5 nitrogen and oxygen atoms in total. The Hall–Kier alpha value is -3.78. The Morgan fingerprint density at radius 2 is 1.75 bits per heavy atom. The molecule has 1 saturated carbocycles. The van der Waals surface area contributed by atoms with Gasteiger partial charge in [-0.1, -0.05) is 12.1 Å². The number of fused-ring (bicyclic) bond motifs is 6. The van der Waals surface area contributed by atoms with Gasteiger partial charge >= 0.3 is 0 Å². The molecule has 1 aliphatic carbocycles. The maximum atomic E-state index is 9.11. The molecule has 156 valence electrons. The topological polar surface area (TPSA) is 49.8 Å². The minimum atomic E-state index is 0.682. The van der Waals surface area contributed by atoms with Gasteiger partial charge in [0, 0.05) is 49.5 Å². The molecule has 4 aromatic rings. The highest BCUT2D eigenvalue weighted by atomic mass is 15.2. The fraction of sp³-hybridized carbons (Fsp3) is 0.259. The Bertz CT molecular complexity index is 1370. The molecular weight excluding hydrogens is 394 g/mol. The van der Waals surface area contributed by atoms with Crippen LogP contribution >= 0.6 is 0 Å². The van der Waals surface area contributed by atoms with Crippen molar-refractivity contribution in [2.24, 2.45) is 11.8 Å². The van der Waals surface area contributed by atoms with E-state index in [-0.39, 0.29) is 0 Å².